The van der Waals surface area contributed by atoms with E-state index in [9.17, 15) is 14.4 Å². The van der Waals surface area contributed by atoms with Crippen LogP contribution in [0, 0.1) is 13.8 Å². The van der Waals surface area contributed by atoms with Crippen LogP contribution in [-0.4, -0.2) is 32.1 Å². The predicted octanol–water partition coefficient (Wildman–Crippen LogP) is 3.59. The molecule has 0 fully saturated rings. The molecule has 0 bridgehead atoms. The molecule has 136 valence electrons. The number of esters is 2. The van der Waals surface area contributed by atoms with Gasteiger partial charge < -0.3 is 14.8 Å². The second-order valence-electron chi connectivity index (χ2n) is 5.48. The van der Waals surface area contributed by atoms with E-state index in [1.807, 2.05) is 31.2 Å². The Balaban J connectivity index is 2.26. The monoisotopic (exact) mass is 373 g/mol. The minimum atomic E-state index is -0.633. The number of rotatable bonds is 5. The van der Waals surface area contributed by atoms with Gasteiger partial charge in [0.1, 0.15) is 9.88 Å². The van der Waals surface area contributed by atoms with Crippen LogP contribution in [0.15, 0.2) is 30.3 Å². The Morgan fingerprint density at radius 1 is 1.00 bits per heavy atom. The molecule has 2 rings (SSSR count). The summed E-state index contributed by atoms with van der Waals surface area (Å²) in [5.41, 5.74) is 2.55. The van der Waals surface area contributed by atoms with Gasteiger partial charge in [-0.15, -0.1) is 11.3 Å². The topological polar surface area (TPSA) is 81.7 Å². The SMILES string of the molecule is COC(=O)c1sc(NC(=O)C=Cc2ccc(C)cc2)c(C(=O)OC)c1C. The standard InChI is InChI=1S/C19H19NO5S/c1-11-5-7-13(8-6-11)9-10-14(21)20-17-15(18(22)24-3)12(2)16(26-17)19(23)25-4/h5-10H,1-4H3,(H,20,21). The summed E-state index contributed by atoms with van der Waals surface area (Å²) >= 11 is 0.973. The maximum absolute atomic E-state index is 12.2. The summed E-state index contributed by atoms with van der Waals surface area (Å²) in [7, 11) is 2.49. The molecule has 1 aromatic heterocycles. The van der Waals surface area contributed by atoms with Crippen LogP contribution < -0.4 is 5.32 Å². The number of amides is 1. The van der Waals surface area contributed by atoms with Crippen LogP contribution in [0.1, 0.15) is 36.7 Å². The number of hydrogen-bond donors (Lipinski definition) is 1. The first-order valence-electron chi connectivity index (χ1n) is 7.73. The lowest BCUT2D eigenvalue weighted by Gasteiger charge is -2.04. The summed E-state index contributed by atoms with van der Waals surface area (Å²) in [4.78, 5) is 36.3. The van der Waals surface area contributed by atoms with E-state index in [-0.39, 0.29) is 15.4 Å². The molecule has 1 aromatic carbocycles. The van der Waals surface area contributed by atoms with Gasteiger partial charge in [0, 0.05) is 6.08 Å². The van der Waals surface area contributed by atoms with Crippen molar-refractivity contribution in [2.24, 2.45) is 0 Å². The number of ether oxygens (including phenoxy) is 2. The van der Waals surface area contributed by atoms with E-state index in [2.05, 4.69) is 5.32 Å². The van der Waals surface area contributed by atoms with Crippen molar-refractivity contribution in [1.82, 2.24) is 0 Å². The van der Waals surface area contributed by atoms with Crippen molar-refractivity contribution in [1.29, 1.82) is 0 Å². The van der Waals surface area contributed by atoms with Crippen LogP contribution in [0.3, 0.4) is 0 Å². The fourth-order valence-electron chi connectivity index (χ4n) is 2.24. The molecule has 0 unspecified atom stereocenters. The molecule has 0 atom stereocenters. The Kier molecular flexibility index (Phi) is 6.30. The molecule has 0 aliphatic rings. The molecule has 0 saturated carbocycles. The average Bonchev–Trinajstić information content (AvgIpc) is 2.96. The quantitative estimate of drug-likeness (QED) is 0.640. The van der Waals surface area contributed by atoms with Gasteiger partial charge in [-0.3, -0.25) is 4.79 Å². The average molecular weight is 373 g/mol. The molecule has 26 heavy (non-hydrogen) atoms. The van der Waals surface area contributed by atoms with Gasteiger partial charge in [0.25, 0.3) is 0 Å². The van der Waals surface area contributed by atoms with E-state index in [1.165, 1.54) is 20.3 Å². The lowest BCUT2D eigenvalue weighted by Crippen LogP contribution is -2.11. The Labute approximate surface area is 155 Å². The molecule has 1 N–H and O–H groups in total. The zero-order valence-corrected chi connectivity index (χ0v) is 15.7. The number of nitrogens with one attached hydrogen (secondary N) is 1. The van der Waals surface area contributed by atoms with Crippen molar-refractivity contribution < 1.29 is 23.9 Å². The highest BCUT2D eigenvalue weighted by atomic mass is 32.1. The molecule has 1 amide bonds. The summed E-state index contributed by atoms with van der Waals surface area (Å²) in [6.07, 6.45) is 3.02. The fourth-order valence-corrected chi connectivity index (χ4v) is 3.36. The molecule has 0 aliphatic carbocycles. The first kappa shape index (κ1) is 19.4. The molecular formula is C19H19NO5S. The van der Waals surface area contributed by atoms with E-state index in [0.717, 1.165) is 22.5 Å². The largest absolute Gasteiger partial charge is 0.465 e. The van der Waals surface area contributed by atoms with Crippen molar-refractivity contribution in [2.45, 2.75) is 13.8 Å². The number of carbonyl (C=O) groups is 3. The van der Waals surface area contributed by atoms with Gasteiger partial charge in [-0.05, 0) is 31.1 Å². The van der Waals surface area contributed by atoms with Crippen LogP contribution in [-0.2, 0) is 14.3 Å². The van der Waals surface area contributed by atoms with Crippen molar-refractivity contribution in [2.75, 3.05) is 19.5 Å². The third kappa shape index (κ3) is 4.37. The van der Waals surface area contributed by atoms with E-state index >= 15 is 0 Å². The van der Waals surface area contributed by atoms with Gasteiger partial charge in [0.2, 0.25) is 5.91 Å². The predicted molar refractivity (Wildman–Crippen MR) is 101 cm³/mol. The highest BCUT2D eigenvalue weighted by Crippen LogP contribution is 2.34. The maximum Gasteiger partial charge on any atom is 0.348 e. The normalized spacial score (nSPS) is 10.6. The van der Waals surface area contributed by atoms with Gasteiger partial charge in [-0.25, -0.2) is 9.59 Å². The lowest BCUT2D eigenvalue weighted by molar-refractivity contribution is -0.111. The van der Waals surface area contributed by atoms with Crippen LogP contribution >= 0.6 is 11.3 Å². The number of methoxy groups -OCH3 is 2. The third-order valence-corrected chi connectivity index (χ3v) is 4.84. The Hall–Kier alpha value is -2.93. The van der Waals surface area contributed by atoms with E-state index in [4.69, 9.17) is 9.47 Å². The third-order valence-electron chi connectivity index (χ3n) is 3.65. The van der Waals surface area contributed by atoms with Crippen molar-refractivity contribution >= 4 is 40.3 Å². The number of aryl methyl sites for hydroxylation is 1. The highest BCUT2D eigenvalue weighted by Gasteiger charge is 2.26. The Morgan fingerprint density at radius 2 is 1.62 bits per heavy atom. The van der Waals surface area contributed by atoms with Crippen molar-refractivity contribution in [3.63, 3.8) is 0 Å². The van der Waals surface area contributed by atoms with Gasteiger partial charge in [0.05, 0.1) is 19.8 Å². The van der Waals surface area contributed by atoms with Gasteiger partial charge in [0.15, 0.2) is 0 Å². The Bertz CT molecular complexity index is 865. The minimum Gasteiger partial charge on any atom is -0.465 e. The highest BCUT2D eigenvalue weighted by molar-refractivity contribution is 7.18. The van der Waals surface area contributed by atoms with Gasteiger partial charge >= 0.3 is 11.9 Å². The molecule has 0 saturated heterocycles. The van der Waals surface area contributed by atoms with Crippen LogP contribution in [0.25, 0.3) is 6.08 Å². The zero-order chi connectivity index (χ0) is 19.3. The van der Waals surface area contributed by atoms with Gasteiger partial charge in [-0.2, -0.15) is 0 Å². The summed E-state index contributed by atoms with van der Waals surface area (Å²) in [6, 6.07) is 7.67. The summed E-state index contributed by atoms with van der Waals surface area (Å²) in [5, 5.41) is 2.88. The summed E-state index contributed by atoms with van der Waals surface area (Å²) in [5.74, 6) is -1.63. The van der Waals surface area contributed by atoms with E-state index < -0.39 is 17.8 Å². The molecule has 0 radical (unpaired) electrons. The van der Waals surface area contributed by atoms with Crippen molar-refractivity contribution in [3.8, 4) is 0 Å². The molecule has 6 nitrogen and oxygen atoms in total. The fraction of sp³-hybridized carbons (Fsp3) is 0.211. The molecule has 7 heteroatoms. The first-order valence-corrected chi connectivity index (χ1v) is 8.54. The minimum absolute atomic E-state index is 0.148. The molecular weight excluding hydrogens is 354 g/mol. The summed E-state index contributed by atoms with van der Waals surface area (Å²) < 4.78 is 9.46. The maximum atomic E-state index is 12.2. The number of thiophene rings is 1. The summed E-state index contributed by atoms with van der Waals surface area (Å²) in [6.45, 7) is 3.58. The van der Waals surface area contributed by atoms with E-state index in [1.54, 1.807) is 13.0 Å². The number of benzene rings is 1. The van der Waals surface area contributed by atoms with Crippen LogP contribution in [0.5, 0.6) is 0 Å². The number of carbonyl (C=O) groups excluding carboxylic acids is 3. The smallest absolute Gasteiger partial charge is 0.348 e. The number of anilines is 1. The molecule has 0 aliphatic heterocycles. The second-order valence-corrected chi connectivity index (χ2v) is 6.50. The lowest BCUT2D eigenvalue weighted by atomic mass is 10.1. The Morgan fingerprint density at radius 3 is 2.19 bits per heavy atom. The molecule has 1 heterocycles. The zero-order valence-electron chi connectivity index (χ0n) is 14.9. The van der Waals surface area contributed by atoms with Crippen LogP contribution in [0.2, 0.25) is 0 Å². The van der Waals surface area contributed by atoms with E-state index in [0.29, 0.717) is 5.56 Å². The van der Waals surface area contributed by atoms with Crippen LogP contribution in [0.4, 0.5) is 5.00 Å². The van der Waals surface area contributed by atoms with Gasteiger partial charge in [-0.1, -0.05) is 29.8 Å². The number of hydrogen-bond acceptors (Lipinski definition) is 6. The molecule has 2 aromatic rings. The van der Waals surface area contributed by atoms with Crippen molar-refractivity contribution in [3.05, 3.63) is 57.5 Å². The second kappa shape index (κ2) is 8.44. The molecule has 0 spiro atoms. The first-order chi connectivity index (χ1) is 12.4.